The van der Waals surface area contributed by atoms with Crippen molar-refractivity contribution in [1.29, 1.82) is 0 Å². The van der Waals surface area contributed by atoms with Gasteiger partial charge in [-0.15, -0.1) is 0 Å². The van der Waals surface area contributed by atoms with Gasteiger partial charge in [-0.05, 0) is 37.1 Å². The summed E-state index contributed by atoms with van der Waals surface area (Å²) in [6.07, 6.45) is 0.654. The fraction of sp³-hybridized carbons (Fsp3) is 0.167. The molecule has 3 heteroatoms. The second-order valence-electron chi connectivity index (χ2n) is 5.30. The Hall–Kier alpha value is -2.26. The summed E-state index contributed by atoms with van der Waals surface area (Å²) in [4.78, 5) is 4.32. The van der Waals surface area contributed by atoms with Gasteiger partial charge in [-0.25, -0.2) is 4.39 Å². The van der Waals surface area contributed by atoms with Gasteiger partial charge in [-0.1, -0.05) is 30.3 Å². The lowest BCUT2D eigenvalue weighted by Gasteiger charge is -2.17. The molecule has 0 spiro atoms. The Kier molecular flexibility index (Phi) is 3.43. The van der Waals surface area contributed by atoms with Crippen LogP contribution in [0.3, 0.4) is 0 Å². The number of rotatable bonds is 2. The van der Waals surface area contributed by atoms with Crippen LogP contribution < -0.4 is 0 Å². The number of nitrogens with zero attached hydrogens (tertiary/aromatic N) is 1. The number of hydrogen-bond donors (Lipinski definition) is 1. The van der Waals surface area contributed by atoms with Crippen molar-refractivity contribution in [3.63, 3.8) is 0 Å². The van der Waals surface area contributed by atoms with Gasteiger partial charge in [-0.2, -0.15) is 0 Å². The monoisotopic (exact) mass is 281 g/mol. The molecule has 1 unspecified atom stereocenters. The minimum absolute atomic E-state index is 0.318. The highest BCUT2D eigenvalue weighted by molar-refractivity contribution is 5.82. The predicted octanol–water partition coefficient (Wildman–Crippen LogP) is 4.07. The van der Waals surface area contributed by atoms with Crippen molar-refractivity contribution in [2.45, 2.75) is 20.0 Å². The van der Waals surface area contributed by atoms with Crippen LogP contribution in [0, 0.1) is 19.7 Å². The van der Waals surface area contributed by atoms with Crippen LogP contribution in [0.15, 0.2) is 48.7 Å². The number of aromatic nitrogens is 1. The molecule has 3 aromatic rings. The van der Waals surface area contributed by atoms with Gasteiger partial charge in [0.2, 0.25) is 0 Å². The quantitative estimate of drug-likeness (QED) is 0.768. The lowest BCUT2D eigenvalue weighted by atomic mass is 9.94. The Bertz CT molecular complexity index is 785. The van der Waals surface area contributed by atoms with Crippen LogP contribution in [-0.2, 0) is 0 Å². The number of benzene rings is 2. The fourth-order valence-corrected chi connectivity index (χ4v) is 2.78. The summed E-state index contributed by atoms with van der Waals surface area (Å²) in [5.41, 5.74) is 3.23. The maximum absolute atomic E-state index is 14.3. The van der Waals surface area contributed by atoms with E-state index in [1.165, 1.54) is 6.07 Å². The summed E-state index contributed by atoms with van der Waals surface area (Å²) in [5.74, 6) is -0.382. The van der Waals surface area contributed by atoms with E-state index >= 15 is 0 Å². The van der Waals surface area contributed by atoms with Crippen LogP contribution in [0.25, 0.3) is 10.9 Å². The zero-order valence-electron chi connectivity index (χ0n) is 12.0. The van der Waals surface area contributed by atoms with Crippen LogP contribution in [0.5, 0.6) is 0 Å². The maximum Gasteiger partial charge on any atom is 0.129 e. The van der Waals surface area contributed by atoms with Crippen molar-refractivity contribution in [1.82, 2.24) is 4.98 Å². The maximum atomic E-state index is 14.3. The molecule has 3 rings (SSSR count). The number of hydrogen-bond acceptors (Lipinski definition) is 2. The molecular formula is C18H16FNO. The van der Waals surface area contributed by atoms with Crippen LogP contribution in [0.1, 0.15) is 28.4 Å². The normalized spacial score (nSPS) is 12.6. The van der Waals surface area contributed by atoms with Crippen LogP contribution in [0.4, 0.5) is 4.39 Å². The smallest absolute Gasteiger partial charge is 0.129 e. The highest BCUT2D eigenvalue weighted by atomic mass is 19.1. The van der Waals surface area contributed by atoms with E-state index in [0.29, 0.717) is 16.6 Å². The number of halogens is 1. The SMILES string of the molecule is Cc1cc(C)c(C(O)c2cccc3cccnc23)c(F)c1. The standard InChI is InChI=1S/C18H16FNO/c1-11-9-12(2)16(15(19)10-11)18(21)14-7-3-5-13-6-4-8-20-17(13)14/h3-10,18,21H,1-2H3. The molecule has 0 bridgehead atoms. The molecule has 1 heterocycles. The van der Waals surface area contributed by atoms with Gasteiger partial charge in [-0.3, -0.25) is 4.98 Å². The average Bonchev–Trinajstić information content (AvgIpc) is 2.45. The minimum atomic E-state index is -1.02. The van der Waals surface area contributed by atoms with Crippen LogP contribution >= 0.6 is 0 Å². The van der Waals surface area contributed by atoms with Gasteiger partial charge in [0.15, 0.2) is 0 Å². The topological polar surface area (TPSA) is 33.1 Å². The first kappa shape index (κ1) is 13.7. The molecule has 2 aromatic carbocycles. The van der Waals surface area contributed by atoms with Gasteiger partial charge in [0.05, 0.1) is 5.52 Å². The number of fused-ring (bicyclic) bond motifs is 1. The molecule has 21 heavy (non-hydrogen) atoms. The highest BCUT2D eigenvalue weighted by Gasteiger charge is 2.20. The van der Waals surface area contributed by atoms with E-state index in [4.69, 9.17) is 0 Å². The molecule has 0 saturated heterocycles. The molecule has 0 aliphatic rings. The summed E-state index contributed by atoms with van der Waals surface area (Å²) in [7, 11) is 0. The molecule has 0 amide bonds. The van der Waals surface area contributed by atoms with Crippen molar-refractivity contribution >= 4 is 10.9 Å². The van der Waals surface area contributed by atoms with Crippen molar-refractivity contribution in [3.8, 4) is 0 Å². The molecule has 0 aliphatic heterocycles. The molecule has 1 atom stereocenters. The van der Waals surface area contributed by atoms with E-state index in [1.54, 1.807) is 12.3 Å². The Morgan fingerprint density at radius 1 is 1.10 bits per heavy atom. The van der Waals surface area contributed by atoms with Gasteiger partial charge in [0.25, 0.3) is 0 Å². The molecule has 0 saturated carbocycles. The molecule has 1 N–H and O–H groups in total. The average molecular weight is 281 g/mol. The number of aliphatic hydroxyl groups excluding tert-OH is 1. The van der Waals surface area contributed by atoms with Crippen LogP contribution in [-0.4, -0.2) is 10.1 Å². The third-order valence-electron chi connectivity index (χ3n) is 3.71. The summed E-state index contributed by atoms with van der Waals surface area (Å²) in [5, 5.41) is 11.6. The van der Waals surface area contributed by atoms with Crippen molar-refractivity contribution in [2.24, 2.45) is 0 Å². The zero-order chi connectivity index (χ0) is 15.0. The van der Waals surface area contributed by atoms with E-state index in [2.05, 4.69) is 4.98 Å². The largest absolute Gasteiger partial charge is 0.383 e. The number of aliphatic hydroxyl groups is 1. The van der Waals surface area contributed by atoms with Gasteiger partial charge < -0.3 is 5.11 Å². The molecule has 2 nitrogen and oxygen atoms in total. The van der Waals surface area contributed by atoms with E-state index < -0.39 is 6.10 Å². The molecule has 0 fully saturated rings. The summed E-state index contributed by atoms with van der Waals surface area (Å²) < 4.78 is 14.3. The number of para-hydroxylation sites is 1. The molecule has 106 valence electrons. The third kappa shape index (κ3) is 2.41. The van der Waals surface area contributed by atoms with Crippen LogP contribution in [0.2, 0.25) is 0 Å². The molecule has 1 aromatic heterocycles. The Morgan fingerprint density at radius 2 is 1.86 bits per heavy atom. The Labute approximate surface area is 122 Å². The summed E-state index contributed by atoms with van der Waals surface area (Å²) >= 11 is 0. The first-order chi connectivity index (χ1) is 10.1. The van der Waals surface area contributed by atoms with Crippen molar-refractivity contribution in [2.75, 3.05) is 0 Å². The number of aryl methyl sites for hydroxylation is 2. The molecule has 0 radical (unpaired) electrons. The zero-order valence-corrected chi connectivity index (χ0v) is 12.0. The first-order valence-corrected chi connectivity index (χ1v) is 6.86. The Morgan fingerprint density at radius 3 is 2.62 bits per heavy atom. The lowest BCUT2D eigenvalue weighted by molar-refractivity contribution is 0.215. The van der Waals surface area contributed by atoms with Crippen molar-refractivity contribution < 1.29 is 9.50 Å². The highest BCUT2D eigenvalue weighted by Crippen LogP contribution is 2.31. The fourth-order valence-electron chi connectivity index (χ4n) is 2.78. The minimum Gasteiger partial charge on any atom is -0.383 e. The number of pyridine rings is 1. The van der Waals surface area contributed by atoms with Crippen molar-refractivity contribution in [3.05, 3.63) is 76.7 Å². The predicted molar refractivity (Wildman–Crippen MR) is 81.7 cm³/mol. The van der Waals surface area contributed by atoms with Gasteiger partial charge >= 0.3 is 0 Å². The van der Waals surface area contributed by atoms with Gasteiger partial charge in [0, 0.05) is 22.7 Å². The molecule has 0 aliphatic carbocycles. The summed E-state index contributed by atoms with van der Waals surface area (Å²) in [6, 6.07) is 12.7. The Balaban J connectivity index is 2.20. The summed E-state index contributed by atoms with van der Waals surface area (Å²) in [6.45, 7) is 3.65. The first-order valence-electron chi connectivity index (χ1n) is 6.86. The van der Waals surface area contributed by atoms with E-state index in [1.807, 2.05) is 44.2 Å². The second-order valence-corrected chi connectivity index (χ2v) is 5.30. The van der Waals surface area contributed by atoms with E-state index in [0.717, 1.165) is 16.5 Å². The van der Waals surface area contributed by atoms with E-state index in [-0.39, 0.29) is 5.82 Å². The lowest BCUT2D eigenvalue weighted by Crippen LogP contribution is -2.07. The van der Waals surface area contributed by atoms with E-state index in [9.17, 15) is 9.50 Å². The second kappa shape index (κ2) is 5.26. The third-order valence-corrected chi connectivity index (χ3v) is 3.71. The molecular weight excluding hydrogens is 265 g/mol. The van der Waals surface area contributed by atoms with Gasteiger partial charge in [0.1, 0.15) is 11.9 Å².